The zero-order chi connectivity index (χ0) is 9.52. The van der Waals surface area contributed by atoms with Crippen molar-refractivity contribution in [2.45, 2.75) is 19.8 Å². The largest absolute Gasteiger partial charge is 0.355 e. The SMILES string of the molecule is C=CN(/C=C\C)C[C@H]1CCCNC1. The smallest absolute Gasteiger partial charge is 0.0259 e. The quantitative estimate of drug-likeness (QED) is 0.711. The lowest BCUT2D eigenvalue weighted by molar-refractivity contribution is 0.311. The summed E-state index contributed by atoms with van der Waals surface area (Å²) in [6, 6.07) is 0. The molecule has 1 aliphatic heterocycles. The molecule has 1 fully saturated rings. The number of piperidine rings is 1. The molecular formula is C11H20N2. The third-order valence-corrected chi connectivity index (χ3v) is 2.44. The van der Waals surface area contributed by atoms with E-state index in [9.17, 15) is 0 Å². The van der Waals surface area contributed by atoms with Crippen molar-refractivity contribution in [1.82, 2.24) is 10.2 Å². The molecule has 1 aliphatic rings. The van der Waals surface area contributed by atoms with Crippen molar-refractivity contribution in [3.63, 3.8) is 0 Å². The molecule has 0 aromatic heterocycles. The summed E-state index contributed by atoms with van der Waals surface area (Å²) in [5, 5.41) is 3.42. The van der Waals surface area contributed by atoms with Gasteiger partial charge in [0.2, 0.25) is 0 Å². The fourth-order valence-electron chi connectivity index (χ4n) is 1.77. The molecule has 1 heterocycles. The van der Waals surface area contributed by atoms with E-state index in [1.807, 2.05) is 13.1 Å². The summed E-state index contributed by atoms with van der Waals surface area (Å²) in [5.74, 6) is 0.781. The second-order valence-electron chi connectivity index (χ2n) is 3.57. The van der Waals surface area contributed by atoms with Crippen LogP contribution in [0.4, 0.5) is 0 Å². The lowest BCUT2D eigenvalue weighted by Crippen LogP contribution is -2.35. The molecule has 13 heavy (non-hydrogen) atoms. The van der Waals surface area contributed by atoms with Gasteiger partial charge in [-0.05, 0) is 51.2 Å². The maximum absolute atomic E-state index is 3.80. The molecule has 1 saturated heterocycles. The molecule has 0 bridgehead atoms. The van der Waals surface area contributed by atoms with E-state index in [0.717, 1.165) is 19.0 Å². The van der Waals surface area contributed by atoms with Crippen LogP contribution in [-0.2, 0) is 0 Å². The molecule has 2 heteroatoms. The van der Waals surface area contributed by atoms with Gasteiger partial charge in [-0.25, -0.2) is 0 Å². The van der Waals surface area contributed by atoms with E-state index in [4.69, 9.17) is 0 Å². The van der Waals surface area contributed by atoms with Gasteiger partial charge in [-0.3, -0.25) is 0 Å². The predicted molar refractivity (Wildman–Crippen MR) is 57.3 cm³/mol. The second-order valence-corrected chi connectivity index (χ2v) is 3.57. The van der Waals surface area contributed by atoms with Crippen molar-refractivity contribution in [3.05, 3.63) is 25.1 Å². The van der Waals surface area contributed by atoms with Crippen LogP contribution in [-0.4, -0.2) is 24.5 Å². The molecule has 0 unspecified atom stereocenters. The van der Waals surface area contributed by atoms with Gasteiger partial charge in [-0.2, -0.15) is 0 Å². The summed E-state index contributed by atoms with van der Waals surface area (Å²) in [7, 11) is 0. The Kier molecular flexibility index (Phi) is 4.61. The first-order valence-electron chi connectivity index (χ1n) is 5.08. The predicted octanol–water partition coefficient (Wildman–Crippen LogP) is 1.97. The molecule has 0 aromatic carbocycles. The zero-order valence-electron chi connectivity index (χ0n) is 8.50. The zero-order valence-corrected chi connectivity index (χ0v) is 8.50. The third-order valence-electron chi connectivity index (χ3n) is 2.44. The molecule has 74 valence electrons. The Morgan fingerprint density at radius 2 is 2.46 bits per heavy atom. The molecule has 0 saturated carbocycles. The van der Waals surface area contributed by atoms with Gasteiger partial charge in [-0.15, -0.1) is 0 Å². The maximum atomic E-state index is 3.80. The highest BCUT2D eigenvalue weighted by molar-refractivity contribution is 4.87. The van der Waals surface area contributed by atoms with Gasteiger partial charge in [0.25, 0.3) is 0 Å². The molecule has 0 amide bonds. The molecule has 1 rings (SSSR count). The van der Waals surface area contributed by atoms with Crippen molar-refractivity contribution in [1.29, 1.82) is 0 Å². The number of nitrogens with zero attached hydrogens (tertiary/aromatic N) is 1. The highest BCUT2D eigenvalue weighted by Gasteiger charge is 2.13. The van der Waals surface area contributed by atoms with Crippen molar-refractivity contribution >= 4 is 0 Å². The Morgan fingerprint density at radius 1 is 1.62 bits per heavy atom. The van der Waals surface area contributed by atoms with Crippen molar-refractivity contribution in [2.24, 2.45) is 5.92 Å². The fourth-order valence-corrected chi connectivity index (χ4v) is 1.77. The average molecular weight is 180 g/mol. The van der Waals surface area contributed by atoms with Crippen LogP contribution in [0.1, 0.15) is 19.8 Å². The topological polar surface area (TPSA) is 15.3 Å². The van der Waals surface area contributed by atoms with Crippen LogP contribution in [0.3, 0.4) is 0 Å². The van der Waals surface area contributed by atoms with E-state index in [2.05, 4.69) is 29.1 Å². The summed E-state index contributed by atoms with van der Waals surface area (Å²) >= 11 is 0. The Hall–Kier alpha value is -0.760. The lowest BCUT2D eigenvalue weighted by Gasteiger charge is -2.27. The van der Waals surface area contributed by atoms with E-state index in [0.29, 0.717) is 0 Å². The average Bonchev–Trinajstić information content (AvgIpc) is 2.19. The van der Waals surface area contributed by atoms with Crippen molar-refractivity contribution < 1.29 is 0 Å². The van der Waals surface area contributed by atoms with Crippen molar-refractivity contribution in [2.75, 3.05) is 19.6 Å². The van der Waals surface area contributed by atoms with E-state index in [1.54, 1.807) is 0 Å². The first-order valence-corrected chi connectivity index (χ1v) is 5.08. The highest BCUT2D eigenvalue weighted by atomic mass is 15.1. The van der Waals surface area contributed by atoms with Crippen LogP contribution >= 0.6 is 0 Å². The van der Waals surface area contributed by atoms with E-state index >= 15 is 0 Å². The van der Waals surface area contributed by atoms with E-state index in [1.165, 1.54) is 19.4 Å². The van der Waals surface area contributed by atoms with E-state index in [-0.39, 0.29) is 0 Å². The van der Waals surface area contributed by atoms with Crippen LogP contribution in [0, 0.1) is 5.92 Å². The van der Waals surface area contributed by atoms with Crippen LogP contribution in [0.5, 0.6) is 0 Å². The number of hydrogen-bond acceptors (Lipinski definition) is 2. The van der Waals surface area contributed by atoms with Crippen LogP contribution in [0.15, 0.2) is 25.1 Å². The van der Waals surface area contributed by atoms with Crippen LogP contribution in [0.2, 0.25) is 0 Å². The molecule has 0 aromatic rings. The first kappa shape index (κ1) is 10.3. The molecule has 2 nitrogen and oxygen atoms in total. The summed E-state index contributed by atoms with van der Waals surface area (Å²) in [6.07, 6.45) is 8.69. The monoisotopic (exact) mass is 180 g/mol. The Bertz CT molecular complexity index is 169. The standard InChI is InChI=1S/C11H20N2/c1-3-8-13(4-2)10-11-6-5-7-12-9-11/h3-4,8,11-12H,2,5-7,9-10H2,1H3/b8-3-/t11-/m0/s1. The van der Waals surface area contributed by atoms with Gasteiger partial charge in [-0.1, -0.05) is 12.7 Å². The summed E-state index contributed by atoms with van der Waals surface area (Å²) in [5.41, 5.74) is 0. The molecule has 0 aliphatic carbocycles. The van der Waals surface area contributed by atoms with Crippen LogP contribution < -0.4 is 5.32 Å². The Labute approximate surface area is 81.3 Å². The molecular weight excluding hydrogens is 160 g/mol. The highest BCUT2D eigenvalue weighted by Crippen LogP contribution is 2.11. The summed E-state index contributed by atoms with van der Waals surface area (Å²) in [4.78, 5) is 2.16. The number of allylic oxidation sites excluding steroid dienone is 1. The second kappa shape index (κ2) is 5.81. The first-order chi connectivity index (χ1) is 6.36. The van der Waals surface area contributed by atoms with E-state index < -0.39 is 0 Å². The minimum atomic E-state index is 0.781. The minimum absolute atomic E-state index is 0.781. The Morgan fingerprint density at radius 3 is 3.00 bits per heavy atom. The van der Waals surface area contributed by atoms with Gasteiger partial charge >= 0.3 is 0 Å². The van der Waals surface area contributed by atoms with Gasteiger partial charge in [0.1, 0.15) is 0 Å². The summed E-state index contributed by atoms with van der Waals surface area (Å²) < 4.78 is 0. The number of hydrogen-bond donors (Lipinski definition) is 1. The van der Waals surface area contributed by atoms with Gasteiger partial charge < -0.3 is 10.2 Å². The molecule has 1 atom stereocenters. The normalized spacial score (nSPS) is 23.3. The number of rotatable bonds is 4. The fraction of sp³-hybridized carbons (Fsp3) is 0.636. The molecule has 0 radical (unpaired) electrons. The third kappa shape index (κ3) is 3.64. The molecule has 0 spiro atoms. The lowest BCUT2D eigenvalue weighted by atomic mass is 9.99. The number of nitrogens with one attached hydrogen (secondary N) is 1. The Balaban J connectivity index is 2.31. The van der Waals surface area contributed by atoms with Gasteiger partial charge in [0, 0.05) is 6.54 Å². The molecule has 1 N–H and O–H groups in total. The minimum Gasteiger partial charge on any atom is -0.355 e. The van der Waals surface area contributed by atoms with Crippen LogP contribution in [0.25, 0.3) is 0 Å². The van der Waals surface area contributed by atoms with Gasteiger partial charge in [0.15, 0.2) is 0 Å². The van der Waals surface area contributed by atoms with Crippen molar-refractivity contribution in [3.8, 4) is 0 Å². The maximum Gasteiger partial charge on any atom is 0.0259 e. The van der Waals surface area contributed by atoms with Gasteiger partial charge in [0.05, 0.1) is 0 Å². The summed E-state index contributed by atoms with van der Waals surface area (Å²) in [6.45, 7) is 9.28.